The fourth-order valence-electron chi connectivity index (χ4n) is 2.90. The molecule has 1 atom stereocenters. The molecule has 4 nitrogen and oxygen atoms in total. The number of pyridine rings is 1. The lowest BCUT2D eigenvalue weighted by atomic mass is 10.0. The van der Waals surface area contributed by atoms with E-state index in [0.717, 1.165) is 42.5 Å². The minimum absolute atomic E-state index is 0.132. The van der Waals surface area contributed by atoms with E-state index in [2.05, 4.69) is 11.0 Å². The Hall–Kier alpha value is -2.10. The van der Waals surface area contributed by atoms with Crippen LogP contribution in [-0.2, 0) is 9.53 Å². The number of piperidine rings is 1. The van der Waals surface area contributed by atoms with E-state index >= 15 is 0 Å². The van der Waals surface area contributed by atoms with E-state index in [9.17, 15) is 4.79 Å². The standard InChI is InChI=1S/C17H20N2O2/c1-2-21-17(20)15-9-5-6-12-19(15)16-11-10-13-7-3-4-8-14(13)18-16/h3-4,7-8,10-11,15H,2,5-6,9,12H2,1H3. The minimum atomic E-state index is -0.202. The lowest BCUT2D eigenvalue weighted by Crippen LogP contribution is -2.46. The Kier molecular flexibility index (Phi) is 4.04. The van der Waals surface area contributed by atoms with E-state index in [0.29, 0.717) is 6.61 Å². The highest BCUT2D eigenvalue weighted by Crippen LogP contribution is 2.26. The number of aromatic nitrogens is 1. The summed E-state index contributed by atoms with van der Waals surface area (Å²) >= 11 is 0. The van der Waals surface area contributed by atoms with Crippen LogP contribution in [0, 0.1) is 0 Å². The Morgan fingerprint density at radius 1 is 1.29 bits per heavy atom. The number of hydrogen-bond acceptors (Lipinski definition) is 4. The molecule has 1 aromatic carbocycles. The molecule has 3 rings (SSSR count). The first-order valence-electron chi connectivity index (χ1n) is 7.58. The maximum Gasteiger partial charge on any atom is 0.328 e. The van der Waals surface area contributed by atoms with Crippen molar-refractivity contribution >= 4 is 22.7 Å². The van der Waals surface area contributed by atoms with Gasteiger partial charge in [-0.25, -0.2) is 9.78 Å². The van der Waals surface area contributed by atoms with Crippen LogP contribution in [0.1, 0.15) is 26.2 Å². The molecule has 0 aliphatic carbocycles. The molecule has 1 unspecified atom stereocenters. The van der Waals surface area contributed by atoms with Gasteiger partial charge in [-0.3, -0.25) is 0 Å². The number of benzene rings is 1. The molecule has 0 saturated carbocycles. The van der Waals surface area contributed by atoms with Crippen LogP contribution in [0.5, 0.6) is 0 Å². The molecule has 21 heavy (non-hydrogen) atoms. The number of carbonyl (C=O) groups is 1. The molecule has 1 aromatic heterocycles. The van der Waals surface area contributed by atoms with Gasteiger partial charge in [0.2, 0.25) is 0 Å². The van der Waals surface area contributed by atoms with Crippen molar-refractivity contribution in [1.29, 1.82) is 0 Å². The van der Waals surface area contributed by atoms with Gasteiger partial charge in [-0.2, -0.15) is 0 Å². The van der Waals surface area contributed by atoms with Gasteiger partial charge in [-0.1, -0.05) is 18.2 Å². The highest BCUT2D eigenvalue weighted by molar-refractivity contribution is 5.83. The summed E-state index contributed by atoms with van der Waals surface area (Å²) < 4.78 is 5.21. The predicted molar refractivity (Wildman–Crippen MR) is 83.4 cm³/mol. The number of carbonyl (C=O) groups excluding carboxylic acids is 1. The van der Waals surface area contributed by atoms with Gasteiger partial charge in [-0.05, 0) is 44.4 Å². The molecule has 1 aliphatic rings. The summed E-state index contributed by atoms with van der Waals surface area (Å²) in [5.41, 5.74) is 0.961. The zero-order valence-corrected chi connectivity index (χ0v) is 12.3. The molecule has 1 saturated heterocycles. The van der Waals surface area contributed by atoms with Gasteiger partial charge in [0.25, 0.3) is 0 Å². The first kappa shape index (κ1) is 13.9. The Bertz CT molecular complexity index is 641. The Morgan fingerprint density at radius 2 is 2.14 bits per heavy atom. The number of fused-ring (bicyclic) bond motifs is 1. The van der Waals surface area contributed by atoms with Crippen LogP contribution < -0.4 is 4.90 Å². The summed E-state index contributed by atoms with van der Waals surface area (Å²) in [4.78, 5) is 19.0. The van der Waals surface area contributed by atoms with E-state index in [-0.39, 0.29) is 12.0 Å². The normalized spacial score (nSPS) is 18.7. The van der Waals surface area contributed by atoms with Crippen molar-refractivity contribution in [1.82, 2.24) is 4.98 Å². The lowest BCUT2D eigenvalue weighted by molar-refractivity contribution is -0.145. The molecule has 0 bridgehead atoms. The van der Waals surface area contributed by atoms with E-state index in [1.807, 2.05) is 37.3 Å². The summed E-state index contributed by atoms with van der Waals surface area (Å²) in [6, 6.07) is 11.9. The maximum atomic E-state index is 12.2. The molecule has 1 fully saturated rings. The lowest BCUT2D eigenvalue weighted by Gasteiger charge is -2.35. The maximum absolute atomic E-state index is 12.2. The molecule has 0 radical (unpaired) electrons. The third kappa shape index (κ3) is 2.84. The van der Waals surface area contributed by atoms with Crippen molar-refractivity contribution in [3.05, 3.63) is 36.4 Å². The number of anilines is 1. The molecule has 0 spiro atoms. The Morgan fingerprint density at radius 3 is 3.00 bits per heavy atom. The van der Waals surface area contributed by atoms with Crippen molar-refractivity contribution in [2.45, 2.75) is 32.2 Å². The van der Waals surface area contributed by atoms with Gasteiger partial charge in [0.15, 0.2) is 0 Å². The number of nitrogens with zero attached hydrogens (tertiary/aromatic N) is 2. The fraction of sp³-hybridized carbons (Fsp3) is 0.412. The number of hydrogen-bond donors (Lipinski definition) is 0. The van der Waals surface area contributed by atoms with E-state index in [1.165, 1.54) is 0 Å². The molecule has 4 heteroatoms. The molecule has 0 N–H and O–H groups in total. The molecular weight excluding hydrogens is 264 g/mol. The summed E-state index contributed by atoms with van der Waals surface area (Å²) in [6.07, 6.45) is 2.99. The molecule has 2 aromatic rings. The zero-order chi connectivity index (χ0) is 14.7. The first-order valence-corrected chi connectivity index (χ1v) is 7.58. The average molecular weight is 284 g/mol. The fourth-order valence-corrected chi connectivity index (χ4v) is 2.90. The van der Waals surface area contributed by atoms with Gasteiger partial charge < -0.3 is 9.64 Å². The van der Waals surface area contributed by atoms with Gasteiger partial charge in [-0.15, -0.1) is 0 Å². The Balaban J connectivity index is 1.92. The molecule has 110 valence electrons. The summed E-state index contributed by atoms with van der Waals surface area (Å²) in [5, 5.41) is 1.12. The van der Waals surface area contributed by atoms with Crippen LogP contribution in [0.25, 0.3) is 10.9 Å². The summed E-state index contributed by atoms with van der Waals surface area (Å²) in [6.45, 7) is 3.13. The van der Waals surface area contributed by atoms with E-state index in [1.54, 1.807) is 0 Å². The van der Waals surface area contributed by atoms with Gasteiger partial charge >= 0.3 is 5.97 Å². The third-order valence-corrected chi connectivity index (χ3v) is 3.94. The van der Waals surface area contributed by atoms with Crippen LogP contribution in [-0.4, -0.2) is 30.1 Å². The largest absolute Gasteiger partial charge is 0.464 e. The van der Waals surface area contributed by atoms with Crippen molar-refractivity contribution < 1.29 is 9.53 Å². The number of para-hydroxylation sites is 1. The van der Waals surface area contributed by atoms with Crippen LogP contribution in [0.4, 0.5) is 5.82 Å². The van der Waals surface area contributed by atoms with E-state index < -0.39 is 0 Å². The third-order valence-electron chi connectivity index (χ3n) is 3.94. The first-order chi connectivity index (χ1) is 10.3. The Labute approximate surface area is 124 Å². The van der Waals surface area contributed by atoms with Crippen LogP contribution in [0.2, 0.25) is 0 Å². The van der Waals surface area contributed by atoms with Crippen LogP contribution in [0.15, 0.2) is 36.4 Å². The monoisotopic (exact) mass is 284 g/mol. The zero-order valence-electron chi connectivity index (χ0n) is 12.3. The molecule has 0 amide bonds. The molecule has 1 aliphatic heterocycles. The van der Waals surface area contributed by atoms with Gasteiger partial charge in [0.05, 0.1) is 12.1 Å². The second kappa shape index (κ2) is 6.12. The summed E-state index contributed by atoms with van der Waals surface area (Å²) in [5.74, 6) is 0.735. The van der Waals surface area contributed by atoms with Crippen molar-refractivity contribution in [2.75, 3.05) is 18.1 Å². The van der Waals surface area contributed by atoms with Crippen molar-refractivity contribution in [3.63, 3.8) is 0 Å². The van der Waals surface area contributed by atoms with Crippen LogP contribution in [0.3, 0.4) is 0 Å². The highest BCUT2D eigenvalue weighted by atomic mass is 16.5. The molecule has 2 heterocycles. The van der Waals surface area contributed by atoms with E-state index in [4.69, 9.17) is 9.72 Å². The topological polar surface area (TPSA) is 42.4 Å². The van der Waals surface area contributed by atoms with Crippen molar-refractivity contribution in [3.8, 4) is 0 Å². The minimum Gasteiger partial charge on any atom is -0.464 e. The average Bonchev–Trinajstić information content (AvgIpc) is 2.54. The summed E-state index contributed by atoms with van der Waals surface area (Å²) in [7, 11) is 0. The SMILES string of the molecule is CCOC(=O)C1CCCCN1c1ccc2ccccc2n1. The van der Waals surface area contributed by atoms with Crippen LogP contribution >= 0.6 is 0 Å². The smallest absolute Gasteiger partial charge is 0.328 e. The number of ether oxygens (including phenoxy) is 1. The second-order valence-corrected chi connectivity index (χ2v) is 5.32. The number of esters is 1. The molecular formula is C17H20N2O2. The second-order valence-electron chi connectivity index (χ2n) is 5.32. The number of rotatable bonds is 3. The quantitative estimate of drug-likeness (QED) is 0.812. The predicted octanol–water partition coefficient (Wildman–Crippen LogP) is 3.16. The van der Waals surface area contributed by atoms with Gasteiger partial charge in [0.1, 0.15) is 11.9 Å². The highest BCUT2D eigenvalue weighted by Gasteiger charge is 2.30. The van der Waals surface area contributed by atoms with Crippen molar-refractivity contribution in [2.24, 2.45) is 0 Å². The van der Waals surface area contributed by atoms with Gasteiger partial charge in [0, 0.05) is 11.9 Å².